The molecule has 0 aliphatic rings. The third-order valence-electron chi connectivity index (χ3n) is 8.57. The van der Waals surface area contributed by atoms with Crippen molar-refractivity contribution in [2.75, 3.05) is 0 Å². The molecule has 0 heteroatoms. The van der Waals surface area contributed by atoms with E-state index in [0.29, 0.717) is 0 Å². The average Bonchev–Trinajstić information content (AvgIpc) is 3.14. The molecule has 0 bridgehead atoms. The van der Waals surface area contributed by atoms with Crippen LogP contribution < -0.4 is 0 Å². The van der Waals surface area contributed by atoms with Gasteiger partial charge in [0.1, 0.15) is 0 Å². The van der Waals surface area contributed by atoms with Crippen molar-refractivity contribution in [2.45, 2.75) is 81.6 Å². The molecule has 0 unspecified atom stereocenters. The van der Waals surface area contributed by atoms with E-state index in [1.807, 2.05) is 13.8 Å². The highest BCUT2D eigenvalue weighted by molar-refractivity contribution is 5.87. The van der Waals surface area contributed by atoms with Gasteiger partial charge in [-0.15, -0.1) is 12.8 Å². The van der Waals surface area contributed by atoms with Crippen LogP contribution in [0.1, 0.15) is 83.6 Å². The number of benzene rings is 4. The normalized spacial score (nSPS) is 11.8. The molecule has 0 amide bonds. The Hall–Kier alpha value is -5.12. The SMILES string of the molecule is C#C.C/C=C\CC.C=CC(=C)C.C\C=C/C=C\C(C)=C(\C(C)=C(\CC)Cc1cccc2ccccc12)c1ccc(-c2cccc(C)c2C)cc1. The summed E-state index contributed by atoms with van der Waals surface area (Å²) in [6.07, 6.45) is 25.6. The van der Waals surface area contributed by atoms with Gasteiger partial charge in [-0.2, -0.15) is 0 Å². The van der Waals surface area contributed by atoms with Crippen LogP contribution in [0.3, 0.4) is 0 Å². The lowest BCUT2D eigenvalue weighted by Crippen LogP contribution is -1.99. The van der Waals surface area contributed by atoms with E-state index in [1.165, 1.54) is 66.4 Å². The molecule has 0 saturated heterocycles. The summed E-state index contributed by atoms with van der Waals surface area (Å²) in [6, 6.07) is 31.1. The summed E-state index contributed by atoms with van der Waals surface area (Å²) in [7, 11) is 0. The molecular weight excluding hydrogens is 601 g/mol. The molecule has 4 aromatic carbocycles. The number of aryl methyl sites for hydroxylation is 1. The van der Waals surface area contributed by atoms with Crippen molar-refractivity contribution in [3.63, 3.8) is 0 Å². The average molecular weight is 661 g/mol. The van der Waals surface area contributed by atoms with Crippen molar-refractivity contribution < 1.29 is 0 Å². The number of hydrogen-bond donors (Lipinski definition) is 0. The quantitative estimate of drug-likeness (QED) is 0.0902. The highest BCUT2D eigenvalue weighted by Crippen LogP contribution is 2.34. The standard InChI is InChI=1S/C38H40.C5H8.C5H10.C2H2/c1-7-9-10-15-28(4)38(34-24-22-33(23-25-34)36-21-13-16-27(3)29(36)5)30(6)31(8-2)26-35-19-14-18-32-17-11-12-20-37(32)35;1-4-5(2)3;1-3-5-4-2;1-2/h7,9-25H,8,26H2,1-6H3;4H,1-2H2,3H3;3,5H,4H2,1-2H3;1-2H/b9-7-,15-10-,31-30-,38-28-;;5-3-;. The molecular formula is C50H60. The predicted molar refractivity (Wildman–Crippen MR) is 229 cm³/mol. The van der Waals surface area contributed by atoms with Crippen molar-refractivity contribution in [1.29, 1.82) is 0 Å². The highest BCUT2D eigenvalue weighted by atomic mass is 14.2. The van der Waals surface area contributed by atoms with Crippen LogP contribution in [0.5, 0.6) is 0 Å². The molecule has 0 aromatic heterocycles. The molecule has 260 valence electrons. The fraction of sp³-hybridized carbons (Fsp3) is 0.240. The lowest BCUT2D eigenvalue weighted by molar-refractivity contribution is 0.988. The second-order valence-electron chi connectivity index (χ2n) is 12.2. The molecule has 0 N–H and O–H groups in total. The Bertz CT molecular complexity index is 1820. The molecule has 0 fully saturated rings. The van der Waals surface area contributed by atoms with Crippen LogP contribution in [-0.4, -0.2) is 0 Å². The van der Waals surface area contributed by atoms with E-state index in [-0.39, 0.29) is 0 Å². The molecule has 0 radical (unpaired) electrons. The molecule has 4 rings (SSSR count). The number of fused-ring (bicyclic) bond motifs is 1. The van der Waals surface area contributed by atoms with Crippen LogP contribution in [0.4, 0.5) is 0 Å². The predicted octanol–water partition coefficient (Wildman–Crippen LogP) is 15.0. The monoisotopic (exact) mass is 660 g/mol. The lowest BCUT2D eigenvalue weighted by Gasteiger charge is -2.19. The third kappa shape index (κ3) is 13.4. The maximum absolute atomic E-state index is 4.00. The summed E-state index contributed by atoms with van der Waals surface area (Å²) in [5.74, 6) is 0. The second-order valence-corrected chi connectivity index (χ2v) is 12.2. The van der Waals surface area contributed by atoms with Gasteiger partial charge in [0.15, 0.2) is 0 Å². The van der Waals surface area contributed by atoms with Gasteiger partial charge in [-0.1, -0.05) is 166 Å². The van der Waals surface area contributed by atoms with E-state index < -0.39 is 0 Å². The van der Waals surface area contributed by atoms with E-state index in [0.717, 1.165) is 24.8 Å². The molecule has 0 nitrogen and oxygen atoms in total. The Morgan fingerprint density at radius 2 is 1.38 bits per heavy atom. The van der Waals surface area contributed by atoms with Crippen molar-refractivity contribution in [3.05, 3.63) is 185 Å². The van der Waals surface area contributed by atoms with E-state index in [4.69, 9.17) is 0 Å². The van der Waals surface area contributed by atoms with Crippen molar-refractivity contribution in [2.24, 2.45) is 0 Å². The minimum atomic E-state index is 0.958. The van der Waals surface area contributed by atoms with Gasteiger partial charge in [0, 0.05) is 0 Å². The molecule has 0 aliphatic heterocycles. The lowest BCUT2D eigenvalue weighted by atomic mass is 9.86. The van der Waals surface area contributed by atoms with Crippen molar-refractivity contribution in [3.8, 4) is 24.0 Å². The van der Waals surface area contributed by atoms with Gasteiger partial charge in [-0.05, 0) is 129 Å². The maximum atomic E-state index is 4.00. The van der Waals surface area contributed by atoms with Crippen molar-refractivity contribution in [1.82, 2.24) is 0 Å². The van der Waals surface area contributed by atoms with Gasteiger partial charge in [0.05, 0.1) is 0 Å². The minimum Gasteiger partial charge on any atom is -0.124 e. The summed E-state index contributed by atoms with van der Waals surface area (Å²) in [4.78, 5) is 0. The molecule has 50 heavy (non-hydrogen) atoms. The van der Waals surface area contributed by atoms with Gasteiger partial charge < -0.3 is 0 Å². The van der Waals surface area contributed by atoms with Crippen LogP contribution in [0.15, 0.2) is 163 Å². The van der Waals surface area contributed by atoms with Crippen molar-refractivity contribution >= 4 is 16.3 Å². The minimum absolute atomic E-state index is 0.958. The Morgan fingerprint density at radius 1 is 0.760 bits per heavy atom. The number of allylic oxidation sites excluding steroid dienone is 12. The second kappa shape index (κ2) is 24.1. The highest BCUT2D eigenvalue weighted by Gasteiger charge is 2.14. The van der Waals surface area contributed by atoms with Crippen LogP contribution in [0.25, 0.3) is 27.5 Å². The molecule has 4 aromatic rings. The number of terminal acetylenes is 1. The smallest absolute Gasteiger partial charge is 0.00551 e. The van der Waals surface area contributed by atoms with Gasteiger partial charge in [0.2, 0.25) is 0 Å². The first-order chi connectivity index (χ1) is 24.1. The van der Waals surface area contributed by atoms with Crippen LogP contribution >= 0.6 is 0 Å². The maximum Gasteiger partial charge on any atom is -0.00551 e. The molecule has 0 atom stereocenters. The van der Waals surface area contributed by atoms with Crippen LogP contribution in [0, 0.1) is 26.7 Å². The fourth-order valence-corrected chi connectivity index (χ4v) is 5.63. The van der Waals surface area contributed by atoms with Gasteiger partial charge in [-0.25, -0.2) is 0 Å². The molecule has 0 saturated carbocycles. The number of hydrogen-bond acceptors (Lipinski definition) is 0. The van der Waals surface area contributed by atoms with Crippen LogP contribution in [0.2, 0.25) is 0 Å². The van der Waals surface area contributed by atoms with E-state index in [2.05, 4.69) is 196 Å². The number of rotatable bonds is 10. The summed E-state index contributed by atoms with van der Waals surface area (Å²) in [5.41, 5.74) is 14.4. The fourth-order valence-electron chi connectivity index (χ4n) is 5.63. The van der Waals surface area contributed by atoms with Gasteiger partial charge in [-0.3, -0.25) is 0 Å². The van der Waals surface area contributed by atoms with E-state index >= 15 is 0 Å². The third-order valence-corrected chi connectivity index (χ3v) is 8.57. The zero-order chi connectivity index (χ0) is 37.5. The first-order valence-corrected chi connectivity index (χ1v) is 17.7. The Kier molecular flexibility index (Phi) is 20.7. The first-order valence-electron chi connectivity index (χ1n) is 17.7. The summed E-state index contributed by atoms with van der Waals surface area (Å²) in [5, 5.41) is 2.66. The molecule has 0 aliphatic carbocycles. The van der Waals surface area contributed by atoms with E-state index in [9.17, 15) is 0 Å². The zero-order valence-corrected chi connectivity index (χ0v) is 32.3. The first kappa shape index (κ1) is 42.9. The Morgan fingerprint density at radius 3 is 1.94 bits per heavy atom. The topological polar surface area (TPSA) is 0 Å². The summed E-state index contributed by atoms with van der Waals surface area (Å²) >= 11 is 0. The zero-order valence-electron chi connectivity index (χ0n) is 32.3. The summed E-state index contributed by atoms with van der Waals surface area (Å²) < 4.78 is 0. The molecule has 0 heterocycles. The molecule has 0 spiro atoms. The summed E-state index contributed by atoms with van der Waals surface area (Å²) in [6.45, 7) is 26.4. The van der Waals surface area contributed by atoms with E-state index in [1.54, 1.807) is 6.08 Å². The Balaban J connectivity index is 0.000000904. The van der Waals surface area contributed by atoms with Crippen LogP contribution in [-0.2, 0) is 6.42 Å². The van der Waals surface area contributed by atoms with Gasteiger partial charge >= 0.3 is 0 Å². The van der Waals surface area contributed by atoms with Gasteiger partial charge in [0.25, 0.3) is 0 Å². The Labute approximate surface area is 306 Å². The largest absolute Gasteiger partial charge is 0.124 e.